The molecule has 1 aromatic carbocycles. The summed E-state index contributed by atoms with van der Waals surface area (Å²) in [5, 5.41) is 3.55. The average molecular weight is 277 g/mol. The number of hydrogen-bond donors (Lipinski definition) is 1. The zero-order valence-electron chi connectivity index (χ0n) is 12.9. The molecule has 0 aliphatic heterocycles. The third kappa shape index (κ3) is 4.31. The highest BCUT2D eigenvalue weighted by Crippen LogP contribution is 2.30. The van der Waals surface area contributed by atoms with E-state index in [1.807, 2.05) is 12.1 Å². The zero-order chi connectivity index (χ0) is 14.4. The molecule has 0 heterocycles. The van der Waals surface area contributed by atoms with Gasteiger partial charge >= 0.3 is 0 Å². The van der Waals surface area contributed by atoms with E-state index >= 15 is 0 Å². The Bertz CT molecular complexity index is 396. The molecule has 0 spiro atoms. The van der Waals surface area contributed by atoms with E-state index in [1.54, 1.807) is 12.1 Å². The fourth-order valence-corrected chi connectivity index (χ4v) is 3.31. The van der Waals surface area contributed by atoms with Crippen molar-refractivity contribution >= 4 is 0 Å². The van der Waals surface area contributed by atoms with Gasteiger partial charge in [-0.1, -0.05) is 57.7 Å². The van der Waals surface area contributed by atoms with Crippen LogP contribution in [0.15, 0.2) is 24.3 Å². The van der Waals surface area contributed by atoms with Crippen LogP contribution in [0.1, 0.15) is 64.0 Å². The summed E-state index contributed by atoms with van der Waals surface area (Å²) in [6, 6.07) is 7.29. The molecule has 2 heteroatoms. The van der Waals surface area contributed by atoms with Crippen LogP contribution >= 0.6 is 0 Å². The highest BCUT2D eigenvalue weighted by molar-refractivity contribution is 5.21. The molecule has 0 amide bonds. The van der Waals surface area contributed by atoms with Crippen molar-refractivity contribution in [3.63, 3.8) is 0 Å². The van der Waals surface area contributed by atoms with Crippen molar-refractivity contribution in [1.82, 2.24) is 5.32 Å². The maximum Gasteiger partial charge on any atom is 0.127 e. The van der Waals surface area contributed by atoms with Crippen molar-refractivity contribution in [2.45, 2.75) is 58.4 Å². The van der Waals surface area contributed by atoms with Gasteiger partial charge < -0.3 is 5.32 Å². The van der Waals surface area contributed by atoms with Gasteiger partial charge in [-0.2, -0.15) is 0 Å². The number of benzene rings is 1. The molecule has 1 aliphatic rings. The van der Waals surface area contributed by atoms with Crippen molar-refractivity contribution in [3.8, 4) is 0 Å². The van der Waals surface area contributed by atoms with E-state index in [1.165, 1.54) is 32.1 Å². The summed E-state index contributed by atoms with van der Waals surface area (Å²) < 4.78 is 13.8. The van der Waals surface area contributed by atoms with Gasteiger partial charge in [-0.15, -0.1) is 0 Å². The lowest BCUT2D eigenvalue weighted by atomic mass is 9.81. The highest BCUT2D eigenvalue weighted by Gasteiger charge is 2.18. The predicted molar refractivity (Wildman–Crippen MR) is 83.2 cm³/mol. The number of nitrogens with one attached hydrogen (secondary N) is 1. The third-order valence-corrected chi connectivity index (χ3v) is 4.77. The SMILES string of the molecule is CCC(NCCC1CCC(C)CC1)c1ccccc1F. The lowest BCUT2D eigenvalue weighted by Gasteiger charge is -2.27. The van der Waals surface area contributed by atoms with Crippen molar-refractivity contribution in [2.24, 2.45) is 11.8 Å². The van der Waals surface area contributed by atoms with Gasteiger partial charge in [0.15, 0.2) is 0 Å². The molecular weight excluding hydrogens is 249 g/mol. The minimum atomic E-state index is -0.0849. The van der Waals surface area contributed by atoms with Crippen molar-refractivity contribution in [1.29, 1.82) is 0 Å². The second kappa shape index (κ2) is 7.78. The number of hydrogen-bond acceptors (Lipinski definition) is 1. The summed E-state index contributed by atoms with van der Waals surface area (Å²) >= 11 is 0. The van der Waals surface area contributed by atoms with Crippen LogP contribution in [0.25, 0.3) is 0 Å². The van der Waals surface area contributed by atoms with Gasteiger partial charge in [0.05, 0.1) is 0 Å². The second-order valence-electron chi connectivity index (χ2n) is 6.35. The van der Waals surface area contributed by atoms with Gasteiger partial charge in [0, 0.05) is 11.6 Å². The molecule has 0 bridgehead atoms. The Morgan fingerprint density at radius 1 is 1.20 bits per heavy atom. The standard InChI is InChI=1S/C18H28FN/c1-3-18(16-6-4-5-7-17(16)19)20-13-12-15-10-8-14(2)9-11-15/h4-7,14-15,18,20H,3,8-13H2,1-2H3. The summed E-state index contributed by atoms with van der Waals surface area (Å²) in [7, 11) is 0. The van der Waals surface area contributed by atoms with Gasteiger partial charge in [-0.25, -0.2) is 4.39 Å². The molecule has 1 aliphatic carbocycles. The molecule has 2 rings (SSSR count). The van der Waals surface area contributed by atoms with E-state index in [0.717, 1.165) is 30.4 Å². The Hall–Kier alpha value is -0.890. The van der Waals surface area contributed by atoms with Crippen molar-refractivity contribution < 1.29 is 4.39 Å². The second-order valence-corrected chi connectivity index (χ2v) is 6.35. The van der Waals surface area contributed by atoms with Crippen LogP contribution in [0.4, 0.5) is 4.39 Å². The van der Waals surface area contributed by atoms with Gasteiger partial charge in [0.25, 0.3) is 0 Å². The van der Waals surface area contributed by atoms with E-state index in [9.17, 15) is 4.39 Å². The van der Waals surface area contributed by atoms with Crippen LogP contribution in [0.3, 0.4) is 0 Å². The lowest BCUT2D eigenvalue weighted by Crippen LogP contribution is -2.25. The maximum absolute atomic E-state index is 13.8. The topological polar surface area (TPSA) is 12.0 Å². The number of rotatable bonds is 6. The van der Waals surface area contributed by atoms with Crippen molar-refractivity contribution in [3.05, 3.63) is 35.6 Å². The van der Waals surface area contributed by atoms with Crippen LogP contribution in [0.2, 0.25) is 0 Å². The summed E-state index contributed by atoms with van der Waals surface area (Å²) in [4.78, 5) is 0. The van der Waals surface area contributed by atoms with Crippen LogP contribution < -0.4 is 5.32 Å². The molecule has 1 unspecified atom stereocenters. The van der Waals surface area contributed by atoms with Crippen LogP contribution in [-0.4, -0.2) is 6.54 Å². The minimum Gasteiger partial charge on any atom is -0.310 e. The Morgan fingerprint density at radius 2 is 1.90 bits per heavy atom. The molecular formula is C18H28FN. The largest absolute Gasteiger partial charge is 0.310 e. The molecule has 1 saturated carbocycles. The summed E-state index contributed by atoms with van der Waals surface area (Å²) in [5.41, 5.74) is 0.812. The van der Waals surface area contributed by atoms with Gasteiger partial charge in [0.2, 0.25) is 0 Å². The van der Waals surface area contributed by atoms with E-state index in [2.05, 4.69) is 19.2 Å². The van der Waals surface area contributed by atoms with E-state index in [4.69, 9.17) is 0 Å². The summed E-state index contributed by atoms with van der Waals surface area (Å²) in [5.74, 6) is 1.70. The minimum absolute atomic E-state index is 0.0849. The fraction of sp³-hybridized carbons (Fsp3) is 0.667. The van der Waals surface area contributed by atoms with E-state index in [-0.39, 0.29) is 11.9 Å². The maximum atomic E-state index is 13.8. The first-order valence-corrected chi connectivity index (χ1v) is 8.18. The van der Waals surface area contributed by atoms with E-state index in [0.29, 0.717) is 0 Å². The molecule has 1 nitrogen and oxygen atoms in total. The number of halogens is 1. The molecule has 20 heavy (non-hydrogen) atoms. The molecule has 1 fully saturated rings. The molecule has 1 atom stereocenters. The Labute approximate surface area is 123 Å². The molecule has 0 radical (unpaired) electrons. The van der Waals surface area contributed by atoms with Crippen molar-refractivity contribution in [2.75, 3.05) is 6.54 Å². The first-order chi connectivity index (χ1) is 9.70. The van der Waals surface area contributed by atoms with E-state index < -0.39 is 0 Å². The molecule has 1 N–H and O–H groups in total. The van der Waals surface area contributed by atoms with Gasteiger partial charge in [0.1, 0.15) is 5.82 Å². The molecule has 1 aromatic rings. The molecule has 0 aromatic heterocycles. The third-order valence-electron chi connectivity index (χ3n) is 4.77. The average Bonchev–Trinajstić information content (AvgIpc) is 2.47. The predicted octanol–water partition coefficient (Wildman–Crippen LogP) is 5.08. The van der Waals surface area contributed by atoms with Gasteiger partial charge in [-0.05, 0) is 37.3 Å². The fourth-order valence-electron chi connectivity index (χ4n) is 3.31. The summed E-state index contributed by atoms with van der Waals surface area (Å²) in [6.07, 6.45) is 7.68. The van der Waals surface area contributed by atoms with Gasteiger partial charge in [-0.3, -0.25) is 0 Å². The Morgan fingerprint density at radius 3 is 2.55 bits per heavy atom. The van der Waals surface area contributed by atoms with Crippen LogP contribution in [0, 0.1) is 17.7 Å². The smallest absolute Gasteiger partial charge is 0.127 e. The summed E-state index contributed by atoms with van der Waals surface area (Å²) in [6.45, 7) is 5.48. The first kappa shape index (κ1) is 15.5. The van der Waals surface area contributed by atoms with Crippen LogP contribution in [-0.2, 0) is 0 Å². The monoisotopic (exact) mass is 277 g/mol. The highest BCUT2D eigenvalue weighted by atomic mass is 19.1. The normalized spacial score (nSPS) is 24.6. The zero-order valence-corrected chi connectivity index (χ0v) is 12.9. The molecule has 0 saturated heterocycles. The lowest BCUT2D eigenvalue weighted by molar-refractivity contribution is 0.272. The Balaban J connectivity index is 1.78. The molecule has 112 valence electrons. The quantitative estimate of drug-likeness (QED) is 0.764. The van der Waals surface area contributed by atoms with Crippen LogP contribution in [0.5, 0.6) is 0 Å². The Kier molecular flexibility index (Phi) is 6.03. The first-order valence-electron chi connectivity index (χ1n) is 8.18.